The van der Waals surface area contributed by atoms with Crippen LogP contribution in [0, 0.1) is 0 Å². The zero-order chi connectivity index (χ0) is 17.4. The summed E-state index contributed by atoms with van der Waals surface area (Å²) < 4.78 is 12.6. The summed E-state index contributed by atoms with van der Waals surface area (Å²) in [5, 5.41) is 14.4. The fourth-order valence-corrected chi connectivity index (χ4v) is 4.03. The molecule has 0 N–H and O–H groups in total. The number of piperidine rings is 1. The van der Waals surface area contributed by atoms with Crippen LogP contribution >= 0.6 is 11.3 Å². The van der Waals surface area contributed by atoms with E-state index in [4.69, 9.17) is 14.6 Å². The number of hydrogen-bond donors (Lipinski definition) is 0. The molecule has 3 heterocycles. The third kappa shape index (κ3) is 3.07. The first-order valence-corrected chi connectivity index (χ1v) is 9.13. The molecule has 1 fully saturated rings. The number of hydrogen-bond acceptors (Lipinski definition) is 7. The highest BCUT2D eigenvalue weighted by Crippen LogP contribution is 2.34. The van der Waals surface area contributed by atoms with E-state index in [1.807, 2.05) is 22.7 Å². The van der Waals surface area contributed by atoms with Crippen molar-refractivity contribution in [2.75, 3.05) is 34.4 Å². The van der Waals surface area contributed by atoms with Crippen molar-refractivity contribution < 1.29 is 9.47 Å². The highest BCUT2D eigenvalue weighted by atomic mass is 32.1. The first-order chi connectivity index (χ1) is 12.2. The Morgan fingerprint density at radius 1 is 1.04 bits per heavy atom. The van der Waals surface area contributed by atoms with Crippen LogP contribution in [0.1, 0.15) is 24.6 Å². The Bertz CT molecular complexity index is 860. The molecule has 1 aliphatic heterocycles. The van der Waals surface area contributed by atoms with Gasteiger partial charge in [-0.2, -0.15) is 9.61 Å². The summed E-state index contributed by atoms with van der Waals surface area (Å²) in [4.78, 5) is 3.18. The molecule has 7 nitrogen and oxygen atoms in total. The molecule has 8 heteroatoms. The highest BCUT2D eigenvalue weighted by Gasteiger charge is 2.25. The molecule has 0 spiro atoms. The molecule has 0 aliphatic carbocycles. The number of ether oxygens (including phenoxy) is 2. The minimum Gasteiger partial charge on any atom is -0.497 e. The first-order valence-electron chi connectivity index (χ1n) is 8.32. The van der Waals surface area contributed by atoms with Crippen LogP contribution in [-0.2, 0) is 0 Å². The third-order valence-electron chi connectivity index (χ3n) is 4.70. The zero-order valence-electron chi connectivity index (χ0n) is 14.6. The number of nitrogens with zero attached hydrogens (tertiary/aromatic N) is 5. The molecule has 0 atom stereocenters. The summed E-state index contributed by atoms with van der Waals surface area (Å²) in [5.41, 5.74) is 0.959. The Balaban J connectivity index is 1.70. The van der Waals surface area contributed by atoms with E-state index in [0.717, 1.165) is 58.8 Å². The monoisotopic (exact) mass is 359 g/mol. The van der Waals surface area contributed by atoms with Gasteiger partial charge in [-0.1, -0.05) is 11.3 Å². The number of methoxy groups -OCH3 is 2. The highest BCUT2D eigenvalue weighted by molar-refractivity contribution is 7.19. The Morgan fingerprint density at radius 2 is 1.72 bits per heavy atom. The maximum Gasteiger partial charge on any atom is 0.234 e. The Morgan fingerprint density at radius 3 is 2.36 bits per heavy atom. The van der Waals surface area contributed by atoms with Gasteiger partial charge in [-0.3, -0.25) is 0 Å². The summed E-state index contributed by atoms with van der Waals surface area (Å²) in [6.45, 7) is 2.17. The topological polar surface area (TPSA) is 64.8 Å². The van der Waals surface area contributed by atoms with E-state index < -0.39 is 0 Å². The Kier molecular flexibility index (Phi) is 4.30. The van der Waals surface area contributed by atoms with Gasteiger partial charge in [-0.05, 0) is 45.1 Å². The smallest absolute Gasteiger partial charge is 0.234 e. The lowest BCUT2D eigenvalue weighted by Gasteiger charge is -2.27. The standard InChI is InChI=1S/C17H21N5O2S/c1-21-6-4-11(5-7-21)15-18-19-17-22(15)20-16(25-17)12-8-13(23-2)10-14(9-12)24-3/h8-11H,4-7H2,1-3H3. The normalized spacial score (nSPS) is 16.4. The largest absolute Gasteiger partial charge is 0.497 e. The maximum absolute atomic E-state index is 5.36. The van der Waals surface area contributed by atoms with Crippen LogP contribution in [0.25, 0.3) is 15.5 Å². The number of rotatable bonds is 4. The van der Waals surface area contributed by atoms with Crippen LogP contribution in [0.2, 0.25) is 0 Å². The lowest BCUT2D eigenvalue weighted by molar-refractivity contribution is 0.250. The first kappa shape index (κ1) is 16.3. The van der Waals surface area contributed by atoms with Gasteiger partial charge >= 0.3 is 0 Å². The minimum absolute atomic E-state index is 0.418. The molecule has 2 aromatic heterocycles. The molecular formula is C17H21N5O2S. The van der Waals surface area contributed by atoms with Gasteiger partial charge in [0.2, 0.25) is 4.96 Å². The van der Waals surface area contributed by atoms with Gasteiger partial charge in [0.15, 0.2) is 5.82 Å². The number of fused-ring (bicyclic) bond motifs is 1. The molecule has 0 bridgehead atoms. The van der Waals surface area contributed by atoms with Crippen molar-refractivity contribution >= 4 is 16.3 Å². The van der Waals surface area contributed by atoms with Crippen LogP contribution in [0.3, 0.4) is 0 Å². The van der Waals surface area contributed by atoms with Crippen molar-refractivity contribution in [3.8, 4) is 22.1 Å². The number of benzene rings is 1. The van der Waals surface area contributed by atoms with Crippen LogP contribution in [0.4, 0.5) is 0 Å². The SMILES string of the molecule is COc1cc(OC)cc(-c2nn3c(C4CCN(C)CC4)nnc3s2)c1. The van der Waals surface area contributed by atoms with Gasteiger partial charge < -0.3 is 14.4 Å². The van der Waals surface area contributed by atoms with Gasteiger partial charge in [-0.15, -0.1) is 10.2 Å². The fourth-order valence-electron chi connectivity index (χ4n) is 3.20. The maximum atomic E-state index is 5.36. The fraction of sp³-hybridized carbons (Fsp3) is 0.471. The molecule has 25 heavy (non-hydrogen) atoms. The van der Waals surface area contributed by atoms with Gasteiger partial charge in [0.25, 0.3) is 0 Å². The van der Waals surface area contributed by atoms with E-state index in [9.17, 15) is 0 Å². The van der Waals surface area contributed by atoms with Crippen molar-refractivity contribution in [2.45, 2.75) is 18.8 Å². The summed E-state index contributed by atoms with van der Waals surface area (Å²) >= 11 is 1.53. The van der Waals surface area contributed by atoms with E-state index in [1.165, 1.54) is 11.3 Å². The van der Waals surface area contributed by atoms with Crippen molar-refractivity contribution in [1.82, 2.24) is 24.7 Å². The van der Waals surface area contributed by atoms with Crippen LogP contribution in [0.15, 0.2) is 18.2 Å². The molecule has 4 rings (SSSR count). The summed E-state index contributed by atoms with van der Waals surface area (Å²) in [5.74, 6) is 2.88. The summed E-state index contributed by atoms with van der Waals surface area (Å²) in [6.07, 6.45) is 2.19. The van der Waals surface area contributed by atoms with Crippen molar-refractivity contribution in [1.29, 1.82) is 0 Å². The molecule has 1 aromatic carbocycles. The van der Waals surface area contributed by atoms with Gasteiger partial charge in [0.1, 0.15) is 16.5 Å². The van der Waals surface area contributed by atoms with Gasteiger partial charge in [0, 0.05) is 17.5 Å². The molecule has 0 saturated carbocycles. The molecular weight excluding hydrogens is 338 g/mol. The second-order valence-electron chi connectivity index (χ2n) is 6.34. The quantitative estimate of drug-likeness (QED) is 0.714. The van der Waals surface area contributed by atoms with Gasteiger partial charge in [-0.25, -0.2) is 0 Å². The van der Waals surface area contributed by atoms with Crippen LogP contribution in [-0.4, -0.2) is 59.1 Å². The molecule has 0 amide bonds. The lowest BCUT2D eigenvalue weighted by atomic mass is 9.96. The second kappa shape index (κ2) is 6.61. The van der Waals surface area contributed by atoms with Crippen LogP contribution < -0.4 is 9.47 Å². The Labute approximate surface area is 150 Å². The molecule has 1 aliphatic rings. The molecule has 1 saturated heterocycles. The van der Waals surface area contributed by atoms with Crippen molar-refractivity contribution in [2.24, 2.45) is 0 Å². The van der Waals surface area contributed by atoms with Crippen LogP contribution in [0.5, 0.6) is 11.5 Å². The molecule has 0 radical (unpaired) electrons. The average molecular weight is 359 g/mol. The van der Waals surface area contributed by atoms with Gasteiger partial charge in [0.05, 0.1) is 14.2 Å². The minimum atomic E-state index is 0.418. The predicted octanol–water partition coefficient (Wildman–Crippen LogP) is 2.68. The predicted molar refractivity (Wildman–Crippen MR) is 96.7 cm³/mol. The van der Waals surface area contributed by atoms with Crippen molar-refractivity contribution in [3.05, 3.63) is 24.0 Å². The van der Waals surface area contributed by atoms with E-state index in [2.05, 4.69) is 22.1 Å². The van der Waals surface area contributed by atoms with Crippen molar-refractivity contribution in [3.63, 3.8) is 0 Å². The summed E-state index contributed by atoms with van der Waals surface area (Å²) in [7, 11) is 5.46. The summed E-state index contributed by atoms with van der Waals surface area (Å²) in [6, 6.07) is 5.78. The number of aromatic nitrogens is 4. The average Bonchev–Trinajstić information content (AvgIpc) is 3.23. The molecule has 3 aromatic rings. The van der Waals surface area contributed by atoms with E-state index >= 15 is 0 Å². The van der Waals surface area contributed by atoms with E-state index in [1.54, 1.807) is 14.2 Å². The van der Waals surface area contributed by atoms with E-state index in [-0.39, 0.29) is 0 Å². The van der Waals surface area contributed by atoms with E-state index in [0.29, 0.717) is 5.92 Å². The molecule has 0 unspecified atom stereocenters. The molecule has 132 valence electrons. The lowest BCUT2D eigenvalue weighted by Crippen LogP contribution is -2.30. The number of likely N-dealkylation sites (tertiary alicyclic amines) is 1. The second-order valence-corrected chi connectivity index (χ2v) is 7.29. The third-order valence-corrected chi connectivity index (χ3v) is 5.64. The zero-order valence-corrected chi connectivity index (χ0v) is 15.4. The Hall–Kier alpha value is -2.19.